The Hall–Kier alpha value is -0.920. The minimum atomic E-state index is -3.46. The molecule has 1 N–H and O–H groups in total. The summed E-state index contributed by atoms with van der Waals surface area (Å²) in [6.45, 7) is 8.57. The second-order valence-electron chi connectivity index (χ2n) is 5.45. The average Bonchev–Trinajstić information content (AvgIpc) is 2.78. The summed E-state index contributed by atoms with van der Waals surface area (Å²) in [6, 6.07) is 0.0801. The number of piperidine rings is 1. The van der Waals surface area contributed by atoms with Crippen LogP contribution in [0.15, 0.2) is 4.90 Å². The van der Waals surface area contributed by atoms with Gasteiger partial charge in [-0.2, -0.15) is 9.40 Å². The lowest BCUT2D eigenvalue weighted by Crippen LogP contribution is -2.45. The van der Waals surface area contributed by atoms with Gasteiger partial charge in [-0.05, 0) is 46.3 Å². The number of nitrogens with one attached hydrogen (secondary N) is 1. The van der Waals surface area contributed by atoms with Crippen molar-refractivity contribution in [3.05, 3.63) is 11.4 Å². The number of hydrogen-bond donors (Lipinski definition) is 1. The van der Waals surface area contributed by atoms with Gasteiger partial charge in [-0.3, -0.25) is 5.10 Å². The lowest BCUT2D eigenvalue weighted by molar-refractivity contribution is 0.176. The first-order valence-corrected chi connectivity index (χ1v) is 8.54. The van der Waals surface area contributed by atoms with Gasteiger partial charge in [0.1, 0.15) is 4.90 Å². The zero-order chi connectivity index (χ0) is 14.9. The largest absolute Gasteiger partial charge is 0.303 e. The third-order valence-corrected chi connectivity index (χ3v) is 6.39. The molecule has 0 radical (unpaired) electrons. The van der Waals surface area contributed by atoms with E-state index < -0.39 is 10.0 Å². The normalized spacial score (nSPS) is 18.9. The predicted octanol–water partition coefficient (Wildman–Crippen LogP) is 1.13. The summed E-state index contributed by atoms with van der Waals surface area (Å²) in [5.74, 6) is 0. The van der Waals surface area contributed by atoms with E-state index in [1.165, 1.54) is 4.31 Å². The lowest BCUT2D eigenvalue weighted by Gasteiger charge is -2.35. The van der Waals surface area contributed by atoms with E-state index in [9.17, 15) is 8.42 Å². The zero-order valence-electron chi connectivity index (χ0n) is 12.7. The maximum Gasteiger partial charge on any atom is 0.246 e. The van der Waals surface area contributed by atoms with E-state index in [0.29, 0.717) is 16.3 Å². The highest BCUT2D eigenvalue weighted by Crippen LogP contribution is 2.25. The molecule has 0 aliphatic carbocycles. The zero-order valence-corrected chi connectivity index (χ0v) is 13.5. The Balaban J connectivity index is 2.18. The van der Waals surface area contributed by atoms with Crippen LogP contribution in [0.3, 0.4) is 0 Å². The number of nitrogens with zero attached hydrogens (tertiary/aromatic N) is 3. The first kappa shape index (κ1) is 15.5. The molecule has 0 spiro atoms. The molecule has 0 unspecified atom stereocenters. The molecular formula is C13H24N4O2S. The number of sulfonamides is 1. The highest BCUT2D eigenvalue weighted by molar-refractivity contribution is 7.89. The number of aryl methyl sites for hydroxylation is 2. The van der Waals surface area contributed by atoms with Crippen LogP contribution in [-0.2, 0) is 10.0 Å². The number of rotatable bonds is 4. The molecule has 1 aromatic heterocycles. The van der Waals surface area contributed by atoms with Gasteiger partial charge in [-0.15, -0.1) is 0 Å². The molecule has 0 atom stereocenters. The predicted molar refractivity (Wildman–Crippen MR) is 78.1 cm³/mol. The number of likely N-dealkylation sites (tertiary alicyclic amines) is 1. The summed E-state index contributed by atoms with van der Waals surface area (Å²) in [6.07, 6.45) is 1.78. The van der Waals surface area contributed by atoms with Gasteiger partial charge in [0.25, 0.3) is 0 Å². The van der Waals surface area contributed by atoms with Gasteiger partial charge in [-0.25, -0.2) is 8.42 Å². The fourth-order valence-electron chi connectivity index (χ4n) is 2.86. The summed E-state index contributed by atoms with van der Waals surface area (Å²) in [5.41, 5.74) is 1.15. The maximum absolute atomic E-state index is 12.7. The molecule has 0 saturated carbocycles. The van der Waals surface area contributed by atoms with Crippen molar-refractivity contribution in [1.29, 1.82) is 0 Å². The Labute approximate surface area is 121 Å². The Kier molecular flexibility index (Phi) is 4.51. The van der Waals surface area contributed by atoms with Crippen molar-refractivity contribution in [1.82, 2.24) is 19.4 Å². The molecule has 2 heterocycles. The van der Waals surface area contributed by atoms with E-state index >= 15 is 0 Å². The maximum atomic E-state index is 12.7. The quantitative estimate of drug-likeness (QED) is 0.905. The van der Waals surface area contributed by atoms with Crippen molar-refractivity contribution in [2.75, 3.05) is 26.7 Å². The van der Waals surface area contributed by atoms with Gasteiger partial charge in [0.15, 0.2) is 0 Å². The SMILES string of the molecule is CCN1CCC(N(C)S(=O)(=O)c2c(C)n[nH]c2C)CC1. The summed E-state index contributed by atoms with van der Waals surface area (Å²) < 4.78 is 27.0. The summed E-state index contributed by atoms with van der Waals surface area (Å²) in [7, 11) is -1.77. The Morgan fingerprint density at radius 2 is 1.95 bits per heavy atom. The standard InChI is InChI=1S/C13H24N4O2S/c1-5-17-8-6-12(7-9-17)16(4)20(18,19)13-10(2)14-15-11(13)3/h12H,5-9H2,1-4H3,(H,14,15). The smallest absolute Gasteiger partial charge is 0.246 e. The molecule has 1 aromatic rings. The molecule has 7 heteroatoms. The van der Waals surface area contributed by atoms with Crippen molar-refractivity contribution in [2.45, 2.75) is 44.6 Å². The molecule has 114 valence electrons. The van der Waals surface area contributed by atoms with Crippen LogP contribution in [0.25, 0.3) is 0 Å². The molecule has 6 nitrogen and oxygen atoms in total. The lowest BCUT2D eigenvalue weighted by atomic mass is 10.1. The van der Waals surface area contributed by atoms with Crippen LogP contribution >= 0.6 is 0 Å². The third kappa shape index (κ3) is 2.75. The van der Waals surface area contributed by atoms with Crippen LogP contribution in [0, 0.1) is 13.8 Å². The van der Waals surface area contributed by atoms with Crippen LogP contribution in [-0.4, -0.2) is 60.5 Å². The van der Waals surface area contributed by atoms with E-state index in [4.69, 9.17) is 0 Å². The Morgan fingerprint density at radius 1 is 1.35 bits per heavy atom. The van der Waals surface area contributed by atoms with Crippen molar-refractivity contribution in [3.8, 4) is 0 Å². The summed E-state index contributed by atoms with van der Waals surface area (Å²) in [5, 5.41) is 6.75. The van der Waals surface area contributed by atoms with Crippen LogP contribution < -0.4 is 0 Å². The molecule has 20 heavy (non-hydrogen) atoms. The monoisotopic (exact) mass is 300 g/mol. The van der Waals surface area contributed by atoms with Gasteiger partial charge in [0.2, 0.25) is 10.0 Å². The molecule has 2 rings (SSSR count). The fourth-order valence-corrected chi connectivity index (χ4v) is 4.60. The van der Waals surface area contributed by atoms with Gasteiger partial charge >= 0.3 is 0 Å². The molecule has 1 aliphatic rings. The number of aromatic nitrogens is 2. The number of hydrogen-bond acceptors (Lipinski definition) is 4. The van der Waals surface area contributed by atoms with Crippen molar-refractivity contribution in [2.24, 2.45) is 0 Å². The van der Waals surface area contributed by atoms with Crippen LogP contribution in [0.2, 0.25) is 0 Å². The summed E-state index contributed by atoms with van der Waals surface area (Å²) >= 11 is 0. The third-order valence-electron chi connectivity index (χ3n) is 4.22. The Bertz CT molecular complexity index is 539. The first-order valence-electron chi connectivity index (χ1n) is 7.09. The molecule has 0 amide bonds. The van der Waals surface area contributed by atoms with Crippen molar-refractivity contribution >= 4 is 10.0 Å². The number of H-pyrrole nitrogens is 1. The molecular weight excluding hydrogens is 276 g/mol. The van der Waals surface area contributed by atoms with Gasteiger partial charge in [-0.1, -0.05) is 6.92 Å². The van der Waals surface area contributed by atoms with E-state index in [1.54, 1.807) is 20.9 Å². The molecule has 1 aliphatic heterocycles. The van der Waals surface area contributed by atoms with Crippen LogP contribution in [0.4, 0.5) is 0 Å². The van der Waals surface area contributed by atoms with E-state index in [1.807, 2.05) is 0 Å². The van der Waals surface area contributed by atoms with Crippen molar-refractivity contribution < 1.29 is 8.42 Å². The van der Waals surface area contributed by atoms with Gasteiger partial charge in [0, 0.05) is 13.1 Å². The minimum Gasteiger partial charge on any atom is -0.303 e. The topological polar surface area (TPSA) is 69.3 Å². The highest BCUT2D eigenvalue weighted by atomic mass is 32.2. The number of aromatic amines is 1. The van der Waals surface area contributed by atoms with Gasteiger partial charge in [0.05, 0.1) is 11.4 Å². The second-order valence-corrected chi connectivity index (χ2v) is 7.38. The molecule has 0 aromatic carbocycles. The highest BCUT2D eigenvalue weighted by Gasteiger charge is 2.33. The Morgan fingerprint density at radius 3 is 2.40 bits per heavy atom. The fraction of sp³-hybridized carbons (Fsp3) is 0.769. The second kappa shape index (κ2) is 5.83. The van der Waals surface area contributed by atoms with E-state index in [0.717, 1.165) is 32.5 Å². The van der Waals surface area contributed by atoms with Gasteiger partial charge < -0.3 is 4.90 Å². The van der Waals surface area contributed by atoms with E-state index in [-0.39, 0.29) is 6.04 Å². The molecule has 1 saturated heterocycles. The minimum absolute atomic E-state index is 0.0801. The van der Waals surface area contributed by atoms with Crippen LogP contribution in [0.5, 0.6) is 0 Å². The molecule has 1 fully saturated rings. The average molecular weight is 300 g/mol. The van der Waals surface area contributed by atoms with E-state index in [2.05, 4.69) is 22.0 Å². The van der Waals surface area contributed by atoms with Crippen LogP contribution in [0.1, 0.15) is 31.2 Å². The van der Waals surface area contributed by atoms with Crippen molar-refractivity contribution in [3.63, 3.8) is 0 Å². The first-order chi connectivity index (χ1) is 9.37. The summed E-state index contributed by atoms with van der Waals surface area (Å²) in [4.78, 5) is 2.68. The molecule has 0 bridgehead atoms.